The summed E-state index contributed by atoms with van der Waals surface area (Å²) in [4.78, 5) is 4.88. The van der Waals surface area contributed by atoms with Crippen molar-refractivity contribution in [2.45, 2.75) is 50.7 Å². The van der Waals surface area contributed by atoms with E-state index in [4.69, 9.17) is 23.9 Å². The number of fused-ring (bicyclic) bond motifs is 1. The van der Waals surface area contributed by atoms with Crippen molar-refractivity contribution in [3.8, 4) is 33.2 Å². The minimum Gasteiger partial charge on any atom is -0.494 e. The van der Waals surface area contributed by atoms with Crippen molar-refractivity contribution >= 4 is 21.6 Å². The number of unbranched alkanes of at least 4 members (excludes halogenated alkanes) is 4. The molecule has 0 radical (unpaired) electrons. The van der Waals surface area contributed by atoms with E-state index in [1.54, 1.807) is 35.6 Å². The van der Waals surface area contributed by atoms with Crippen molar-refractivity contribution in [2.24, 2.45) is 0 Å². The van der Waals surface area contributed by atoms with E-state index >= 15 is 0 Å². The molecular weight excluding hydrogens is 578 g/mol. The summed E-state index contributed by atoms with van der Waals surface area (Å²) in [7, 11) is 0. The summed E-state index contributed by atoms with van der Waals surface area (Å²) < 4.78 is 24.4. The van der Waals surface area contributed by atoms with Crippen molar-refractivity contribution in [2.75, 3.05) is 26.4 Å². The van der Waals surface area contributed by atoms with Crippen LogP contribution in [0.25, 0.3) is 31.9 Å². The Kier molecular flexibility index (Phi) is 14.1. The van der Waals surface area contributed by atoms with E-state index < -0.39 is 0 Å². The van der Waals surface area contributed by atoms with Gasteiger partial charge in [-0.3, -0.25) is 0 Å². The van der Waals surface area contributed by atoms with E-state index in [1.807, 2.05) is 24.3 Å². The highest BCUT2D eigenvalue weighted by atomic mass is 32.1. The molecule has 0 spiro atoms. The van der Waals surface area contributed by atoms with Gasteiger partial charge in [-0.2, -0.15) is 0 Å². The average Bonchev–Trinajstić information content (AvgIpc) is 3.51. The van der Waals surface area contributed by atoms with Gasteiger partial charge in [-0.15, -0.1) is 37.7 Å². The second kappa shape index (κ2) is 18.7. The minimum absolute atomic E-state index is 0.0660. The molecule has 1 heterocycles. The maximum absolute atomic E-state index is 5.95. The zero-order valence-corrected chi connectivity index (χ0v) is 27.0. The predicted molar refractivity (Wildman–Crippen MR) is 189 cm³/mol. The van der Waals surface area contributed by atoms with Crippen molar-refractivity contribution < 1.29 is 18.9 Å². The molecular formula is C39H45NO4S. The standard InChI is InChI=1S/C39H45NO4S/c1-5-33(6-2)41-25-11-9-13-27-43-35-20-15-30(16-21-35)32-19-24-37-38(29-32)45-39(40-37)31-17-22-36(23-18-31)44-28-14-10-12-26-42-34(7-3)8-4/h5-8,15-24,29,33-34H,1-4,9-14,25-28H2. The summed E-state index contributed by atoms with van der Waals surface area (Å²) in [5, 5.41) is 1.00. The van der Waals surface area contributed by atoms with Crippen molar-refractivity contribution in [1.29, 1.82) is 0 Å². The van der Waals surface area contributed by atoms with Crippen LogP contribution in [-0.2, 0) is 9.47 Å². The fourth-order valence-corrected chi connectivity index (χ4v) is 5.72. The molecule has 0 saturated carbocycles. The molecule has 3 aromatic carbocycles. The normalized spacial score (nSPS) is 11.2. The summed E-state index contributed by atoms with van der Waals surface area (Å²) in [5.41, 5.74) is 4.42. The Hall–Kier alpha value is -3.97. The Labute approximate surface area is 272 Å². The van der Waals surface area contributed by atoms with Crippen LogP contribution in [0.5, 0.6) is 11.5 Å². The molecule has 0 aliphatic heterocycles. The Morgan fingerprint density at radius 2 is 1.02 bits per heavy atom. The molecule has 0 bridgehead atoms. The van der Waals surface area contributed by atoms with Crippen LogP contribution < -0.4 is 9.47 Å². The molecule has 0 saturated heterocycles. The maximum atomic E-state index is 5.95. The summed E-state index contributed by atoms with van der Waals surface area (Å²) in [6.07, 6.45) is 13.0. The molecule has 0 aliphatic carbocycles. The van der Waals surface area contributed by atoms with Gasteiger partial charge in [0.2, 0.25) is 0 Å². The van der Waals surface area contributed by atoms with Crippen LogP contribution in [0.1, 0.15) is 38.5 Å². The Morgan fingerprint density at radius 1 is 0.556 bits per heavy atom. The molecule has 0 aliphatic rings. The van der Waals surface area contributed by atoms with Crippen LogP contribution in [0.15, 0.2) is 117 Å². The lowest BCUT2D eigenvalue weighted by molar-refractivity contribution is 0.111. The fraction of sp³-hybridized carbons (Fsp3) is 0.308. The Morgan fingerprint density at radius 3 is 1.53 bits per heavy atom. The Bertz CT molecular complexity index is 1400. The fourth-order valence-electron chi connectivity index (χ4n) is 4.71. The average molecular weight is 624 g/mol. The van der Waals surface area contributed by atoms with E-state index in [0.29, 0.717) is 26.4 Å². The summed E-state index contributed by atoms with van der Waals surface area (Å²) in [6.45, 7) is 17.7. The molecule has 45 heavy (non-hydrogen) atoms. The van der Waals surface area contributed by atoms with Crippen molar-refractivity contribution in [3.05, 3.63) is 117 Å². The van der Waals surface area contributed by atoms with Crippen LogP contribution >= 0.6 is 11.3 Å². The first kappa shape index (κ1) is 33.9. The van der Waals surface area contributed by atoms with E-state index in [2.05, 4.69) is 68.8 Å². The van der Waals surface area contributed by atoms with E-state index in [-0.39, 0.29) is 12.2 Å². The number of hydrogen-bond donors (Lipinski definition) is 0. The molecule has 5 nitrogen and oxygen atoms in total. The van der Waals surface area contributed by atoms with E-state index in [9.17, 15) is 0 Å². The quantitative estimate of drug-likeness (QED) is 0.0644. The predicted octanol–water partition coefficient (Wildman–Crippen LogP) is 10.2. The lowest BCUT2D eigenvalue weighted by Gasteiger charge is -2.10. The summed E-state index contributed by atoms with van der Waals surface area (Å²) >= 11 is 1.71. The number of ether oxygens (including phenoxy) is 4. The highest BCUT2D eigenvalue weighted by molar-refractivity contribution is 7.21. The molecule has 0 unspecified atom stereocenters. The Balaban J connectivity index is 1.21. The SMILES string of the molecule is C=CC(C=C)OCCCCCOc1ccc(-c2ccc3nc(-c4ccc(OCCCCCOC(C=C)C=C)cc4)sc3c2)cc1. The van der Waals surface area contributed by atoms with Crippen LogP contribution in [0.2, 0.25) is 0 Å². The van der Waals surface area contributed by atoms with Crippen LogP contribution in [0.3, 0.4) is 0 Å². The second-order valence-corrected chi connectivity index (χ2v) is 11.7. The topological polar surface area (TPSA) is 49.8 Å². The molecule has 0 amide bonds. The molecule has 236 valence electrons. The van der Waals surface area contributed by atoms with Gasteiger partial charge >= 0.3 is 0 Å². The molecule has 0 N–H and O–H groups in total. The molecule has 4 aromatic rings. The van der Waals surface area contributed by atoms with E-state index in [1.165, 1.54) is 0 Å². The third-order valence-corrected chi connectivity index (χ3v) is 8.41. The van der Waals surface area contributed by atoms with Gasteiger partial charge in [-0.25, -0.2) is 4.98 Å². The molecule has 0 atom stereocenters. The number of rotatable bonds is 22. The van der Waals surface area contributed by atoms with Gasteiger partial charge in [0.1, 0.15) is 16.5 Å². The largest absolute Gasteiger partial charge is 0.494 e. The lowest BCUT2D eigenvalue weighted by atomic mass is 10.1. The van der Waals surface area contributed by atoms with Gasteiger partial charge in [0, 0.05) is 18.8 Å². The maximum Gasteiger partial charge on any atom is 0.124 e. The first-order valence-corrected chi connectivity index (χ1v) is 16.6. The van der Waals surface area contributed by atoms with Gasteiger partial charge < -0.3 is 18.9 Å². The first-order chi connectivity index (χ1) is 22.1. The number of benzene rings is 3. The molecule has 6 heteroatoms. The van der Waals surface area contributed by atoms with Gasteiger partial charge in [-0.1, -0.05) is 42.5 Å². The summed E-state index contributed by atoms with van der Waals surface area (Å²) in [5.74, 6) is 1.76. The van der Waals surface area contributed by atoms with Gasteiger partial charge in [-0.05, 0) is 98.2 Å². The molecule has 1 aromatic heterocycles. The van der Waals surface area contributed by atoms with E-state index in [0.717, 1.165) is 81.9 Å². The van der Waals surface area contributed by atoms with Crippen molar-refractivity contribution in [1.82, 2.24) is 4.98 Å². The monoisotopic (exact) mass is 623 g/mol. The smallest absolute Gasteiger partial charge is 0.124 e. The minimum atomic E-state index is -0.0673. The highest BCUT2D eigenvalue weighted by Crippen LogP contribution is 2.34. The third kappa shape index (κ3) is 10.9. The van der Waals surface area contributed by atoms with Gasteiger partial charge in [0.05, 0.1) is 35.6 Å². The molecule has 4 rings (SSSR count). The van der Waals surface area contributed by atoms with Crippen LogP contribution in [-0.4, -0.2) is 43.6 Å². The number of hydrogen-bond acceptors (Lipinski definition) is 6. The first-order valence-electron chi connectivity index (χ1n) is 15.7. The number of aromatic nitrogens is 1. The van der Waals surface area contributed by atoms with Crippen molar-refractivity contribution in [3.63, 3.8) is 0 Å². The third-order valence-electron chi connectivity index (χ3n) is 7.34. The van der Waals surface area contributed by atoms with Gasteiger partial charge in [0.25, 0.3) is 0 Å². The second-order valence-electron chi connectivity index (χ2n) is 10.7. The molecule has 0 fully saturated rings. The lowest BCUT2D eigenvalue weighted by Crippen LogP contribution is -2.07. The highest BCUT2D eigenvalue weighted by Gasteiger charge is 2.09. The summed E-state index contributed by atoms with van der Waals surface area (Å²) in [6, 6.07) is 23.0. The number of thiazole rings is 1. The zero-order chi connectivity index (χ0) is 31.7. The zero-order valence-electron chi connectivity index (χ0n) is 26.2. The van der Waals surface area contributed by atoms with Crippen LogP contribution in [0.4, 0.5) is 0 Å². The van der Waals surface area contributed by atoms with Gasteiger partial charge in [0.15, 0.2) is 0 Å². The number of nitrogens with zero attached hydrogens (tertiary/aromatic N) is 1. The van der Waals surface area contributed by atoms with Crippen LogP contribution in [0, 0.1) is 0 Å².